The van der Waals surface area contributed by atoms with E-state index in [1.807, 2.05) is 6.07 Å². The smallest absolute Gasteiger partial charge is 0.240 e. The summed E-state index contributed by atoms with van der Waals surface area (Å²) in [6.45, 7) is 0.117. The molecule has 0 heterocycles. The molecule has 2 N–H and O–H groups in total. The third-order valence-electron chi connectivity index (χ3n) is 4.26. The molecule has 1 aromatic carbocycles. The van der Waals surface area contributed by atoms with Gasteiger partial charge in [-0.2, -0.15) is 0 Å². The molecule has 0 atom stereocenters. The minimum Gasteiger partial charge on any atom is -0.389 e. The first-order chi connectivity index (χ1) is 8.99. The topological polar surface area (TPSA) is 66.4 Å². The predicted molar refractivity (Wildman–Crippen MR) is 72.5 cm³/mol. The molecule has 5 heteroatoms. The molecule has 2 aliphatic carbocycles. The van der Waals surface area contributed by atoms with E-state index < -0.39 is 15.6 Å². The molecule has 0 unspecified atom stereocenters. The lowest BCUT2D eigenvalue weighted by molar-refractivity contribution is -0.0270. The van der Waals surface area contributed by atoms with Gasteiger partial charge >= 0.3 is 0 Å². The summed E-state index contributed by atoms with van der Waals surface area (Å²) >= 11 is 0. The third-order valence-corrected chi connectivity index (χ3v) is 5.65. The first kappa shape index (κ1) is 13.1. The maximum Gasteiger partial charge on any atom is 0.240 e. The molecule has 0 aliphatic heterocycles. The number of hydrogen-bond acceptors (Lipinski definition) is 3. The van der Waals surface area contributed by atoms with E-state index in [1.54, 1.807) is 12.1 Å². The van der Waals surface area contributed by atoms with Gasteiger partial charge in [0.2, 0.25) is 10.0 Å². The van der Waals surface area contributed by atoms with E-state index in [9.17, 15) is 13.5 Å². The van der Waals surface area contributed by atoms with Crippen molar-refractivity contribution in [3.8, 4) is 0 Å². The Bertz CT molecular complexity index is 591. The van der Waals surface area contributed by atoms with E-state index in [4.69, 9.17) is 0 Å². The van der Waals surface area contributed by atoms with Gasteiger partial charge in [-0.3, -0.25) is 0 Å². The Morgan fingerprint density at radius 2 is 1.89 bits per heavy atom. The van der Waals surface area contributed by atoms with Crippen LogP contribution in [-0.4, -0.2) is 25.7 Å². The normalized spacial score (nSPS) is 20.9. The van der Waals surface area contributed by atoms with Crippen molar-refractivity contribution in [1.82, 2.24) is 4.72 Å². The van der Waals surface area contributed by atoms with Crippen LogP contribution >= 0.6 is 0 Å². The Hall–Kier alpha value is -0.910. The molecule has 0 bridgehead atoms. The van der Waals surface area contributed by atoms with E-state index in [-0.39, 0.29) is 6.54 Å². The van der Waals surface area contributed by atoms with Crippen molar-refractivity contribution in [2.24, 2.45) is 0 Å². The molecule has 1 saturated carbocycles. The average Bonchev–Trinajstić information content (AvgIpc) is 2.81. The average molecular weight is 281 g/mol. The highest BCUT2D eigenvalue weighted by atomic mass is 32.2. The van der Waals surface area contributed by atoms with Crippen molar-refractivity contribution in [3.63, 3.8) is 0 Å². The van der Waals surface area contributed by atoms with Gasteiger partial charge in [0.15, 0.2) is 0 Å². The molecule has 104 valence electrons. The highest BCUT2D eigenvalue weighted by Crippen LogP contribution is 2.31. The van der Waals surface area contributed by atoms with Gasteiger partial charge in [-0.05, 0) is 61.8 Å². The van der Waals surface area contributed by atoms with Gasteiger partial charge in [-0.15, -0.1) is 0 Å². The van der Waals surface area contributed by atoms with Crippen LogP contribution in [0, 0.1) is 0 Å². The fraction of sp³-hybridized carbons (Fsp3) is 0.571. The molecule has 1 fully saturated rings. The van der Waals surface area contributed by atoms with Gasteiger partial charge < -0.3 is 5.11 Å². The predicted octanol–water partition coefficient (Wildman–Crippen LogP) is 1.37. The summed E-state index contributed by atoms with van der Waals surface area (Å²) in [6.07, 6.45) is 5.44. The summed E-state index contributed by atoms with van der Waals surface area (Å²) in [7, 11) is -3.50. The number of sulfonamides is 1. The molecule has 0 saturated heterocycles. The maximum atomic E-state index is 12.2. The molecule has 0 amide bonds. The minimum absolute atomic E-state index is 0.117. The first-order valence-corrected chi connectivity index (χ1v) is 8.31. The Balaban J connectivity index is 1.76. The number of fused-ring (bicyclic) bond motifs is 1. The zero-order chi connectivity index (χ0) is 13.5. The Kier molecular flexibility index (Phi) is 3.15. The van der Waals surface area contributed by atoms with Crippen LogP contribution in [0.25, 0.3) is 0 Å². The van der Waals surface area contributed by atoms with Crippen molar-refractivity contribution in [2.45, 2.75) is 49.0 Å². The second-order valence-electron chi connectivity index (χ2n) is 5.69. The van der Waals surface area contributed by atoms with Gasteiger partial charge in [-0.1, -0.05) is 6.07 Å². The SMILES string of the molecule is O=S(=O)(NCC1(O)CCC1)c1ccc2c(c1)CCC2. The van der Waals surface area contributed by atoms with Gasteiger partial charge in [0, 0.05) is 6.54 Å². The first-order valence-electron chi connectivity index (χ1n) is 6.82. The zero-order valence-electron chi connectivity index (χ0n) is 10.9. The van der Waals surface area contributed by atoms with E-state index in [2.05, 4.69) is 4.72 Å². The monoisotopic (exact) mass is 281 g/mol. The van der Waals surface area contributed by atoms with Crippen LogP contribution in [0.4, 0.5) is 0 Å². The Morgan fingerprint density at radius 3 is 2.58 bits per heavy atom. The van der Waals surface area contributed by atoms with Gasteiger partial charge in [0.25, 0.3) is 0 Å². The van der Waals surface area contributed by atoms with Crippen LogP contribution in [0.15, 0.2) is 23.1 Å². The summed E-state index contributed by atoms with van der Waals surface area (Å²) in [5.74, 6) is 0. The van der Waals surface area contributed by atoms with Crippen molar-refractivity contribution < 1.29 is 13.5 Å². The molecule has 0 radical (unpaired) electrons. The van der Waals surface area contributed by atoms with E-state index in [1.165, 1.54) is 5.56 Å². The summed E-state index contributed by atoms with van der Waals surface area (Å²) in [4.78, 5) is 0.316. The van der Waals surface area contributed by atoms with Crippen LogP contribution in [0.1, 0.15) is 36.8 Å². The van der Waals surface area contributed by atoms with Crippen molar-refractivity contribution in [1.29, 1.82) is 0 Å². The van der Waals surface area contributed by atoms with Crippen LogP contribution in [0.5, 0.6) is 0 Å². The standard InChI is InChI=1S/C14H19NO3S/c16-14(7-2-8-14)10-15-19(17,18)13-6-5-11-3-1-4-12(11)9-13/h5-6,9,15-16H,1-4,7-8,10H2. The summed E-state index contributed by atoms with van der Waals surface area (Å²) in [5.41, 5.74) is 1.57. The quantitative estimate of drug-likeness (QED) is 0.876. The van der Waals surface area contributed by atoms with Gasteiger partial charge in [0.05, 0.1) is 10.5 Å². The van der Waals surface area contributed by atoms with E-state index in [0.717, 1.165) is 31.2 Å². The second kappa shape index (κ2) is 4.58. The Morgan fingerprint density at radius 1 is 1.16 bits per heavy atom. The highest BCUT2D eigenvalue weighted by molar-refractivity contribution is 7.89. The number of hydrogen-bond donors (Lipinski definition) is 2. The minimum atomic E-state index is -3.50. The fourth-order valence-corrected chi connectivity index (χ4v) is 3.96. The number of rotatable bonds is 4. The van der Waals surface area contributed by atoms with Crippen molar-refractivity contribution >= 4 is 10.0 Å². The lowest BCUT2D eigenvalue weighted by atomic mass is 9.81. The summed E-state index contributed by atoms with van der Waals surface area (Å²) in [6, 6.07) is 5.35. The third kappa shape index (κ3) is 2.55. The molecule has 19 heavy (non-hydrogen) atoms. The molecule has 0 spiro atoms. The van der Waals surface area contributed by atoms with E-state index in [0.29, 0.717) is 17.7 Å². The van der Waals surface area contributed by atoms with Crippen LogP contribution < -0.4 is 4.72 Å². The zero-order valence-corrected chi connectivity index (χ0v) is 11.7. The summed E-state index contributed by atoms with van der Waals surface area (Å²) in [5, 5.41) is 9.95. The molecule has 4 nitrogen and oxygen atoms in total. The fourth-order valence-electron chi connectivity index (χ4n) is 2.79. The molecule has 1 aromatic rings. The number of aliphatic hydroxyl groups is 1. The molecule has 3 rings (SSSR count). The summed E-state index contributed by atoms with van der Waals surface area (Å²) < 4.78 is 26.9. The largest absolute Gasteiger partial charge is 0.389 e. The van der Waals surface area contributed by atoms with Crippen molar-refractivity contribution in [3.05, 3.63) is 29.3 Å². The van der Waals surface area contributed by atoms with Crippen LogP contribution in [0.3, 0.4) is 0 Å². The van der Waals surface area contributed by atoms with Crippen LogP contribution in [0.2, 0.25) is 0 Å². The molecular formula is C14H19NO3S. The maximum absolute atomic E-state index is 12.2. The number of nitrogens with one attached hydrogen (secondary N) is 1. The van der Waals surface area contributed by atoms with Gasteiger partial charge in [0.1, 0.15) is 0 Å². The van der Waals surface area contributed by atoms with E-state index >= 15 is 0 Å². The number of benzene rings is 1. The lowest BCUT2D eigenvalue weighted by Gasteiger charge is -2.36. The Labute approximate surface area is 113 Å². The molecule has 2 aliphatic rings. The molecule has 0 aromatic heterocycles. The van der Waals surface area contributed by atoms with Crippen LogP contribution in [-0.2, 0) is 22.9 Å². The highest BCUT2D eigenvalue weighted by Gasteiger charge is 2.35. The van der Waals surface area contributed by atoms with Gasteiger partial charge in [-0.25, -0.2) is 13.1 Å². The lowest BCUT2D eigenvalue weighted by Crippen LogP contribution is -2.47. The van der Waals surface area contributed by atoms with Crippen molar-refractivity contribution in [2.75, 3.05) is 6.54 Å². The molecular weight excluding hydrogens is 262 g/mol. The second-order valence-corrected chi connectivity index (χ2v) is 7.45. The number of aryl methyl sites for hydroxylation is 2.